The van der Waals surface area contributed by atoms with E-state index in [9.17, 15) is 0 Å². The van der Waals surface area contributed by atoms with Gasteiger partial charge in [0.05, 0.1) is 33.3 Å². The molecule has 12 rings (SSSR count). The number of rotatable bonds is 3. The number of benzene rings is 9. The highest BCUT2D eigenvalue weighted by Gasteiger charge is 2.20. The monoisotopic (exact) mass is 686 g/mol. The van der Waals surface area contributed by atoms with Gasteiger partial charge in [0.25, 0.3) is 0 Å². The highest BCUT2D eigenvalue weighted by molar-refractivity contribution is 6.23. The standard InChI is InChI=1S/C50H30N4/c1-2-15-37(16-3-1)53-44-21-11-9-18-39(44)41-28-36-26-35(23-22-34(36)30-46(41)53)49-40-19-8-10-20-43(40)51-50(52-49)54-45-25-24-31-12-6-7-17-38(31)48(45)42-27-32-13-4-5-14-33(32)29-47(42)54/h1-30H. The van der Waals surface area contributed by atoms with Gasteiger partial charge in [-0.3, -0.25) is 4.57 Å². The minimum Gasteiger partial charge on any atom is -0.309 e. The fourth-order valence-corrected chi connectivity index (χ4v) is 8.79. The Kier molecular flexibility index (Phi) is 6.02. The molecular weight excluding hydrogens is 657 g/mol. The van der Waals surface area contributed by atoms with Crippen molar-refractivity contribution < 1.29 is 0 Å². The van der Waals surface area contributed by atoms with Crippen LogP contribution in [0.15, 0.2) is 182 Å². The summed E-state index contributed by atoms with van der Waals surface area (Å²) in [6.45, 7) is 0. The molecule has 4 heteroatoms. The number of hydrogen-bond acceptors (Lipinski definition) is 2. The Morgan fingerprint density at radius 3 is 1.81 bits per heavy atom. The minimum atomic E-state index is 0.663. The van der Waals surface area contributed by atoms with Gasteiger partial charge >= 0.3 is 0 Å². The van der Waals surface area contributed by atoms with Crippen LogP contribution >= 0.6 is 0 Å². The van der Waals surface area contributed by atoms with E-state index in [0.29, 0.717) is 5.95 Å². The fourth-order valence-electron chi connectivity index (χ4n) is 8.79. The molecular formula is C50H30N4. The molecule has 3 heterocycles. The highest BCUT2D eigenvalue weighted by Crippen LogP contribution is 2.40. The van der Waals surface area contributed by atoms with Crippen LogP contribution in [-0.2, 0) is 0 Å². The number of hydrogen-bond donors (Lipinski definition) is 0. The zero-order valence-electron chi connectivity index (χ0n) is 29.1. The Labute approximate surface area is 309 Å². The second-order valence-corrected chi connectivity index (χ2v) is 14.2. The molecule has 54 heavy (non-hydrogen) atoms. The van der Waals surface area contributed by atoms with E-state index in [2.05, 4.69) is 191 Å². The van der Waals surface area contributed by atoms with Gasteiger partial charge in [0.2, 0.25) is 5.95 Å². The molecule has 0 fully saturated rings. The third-order valence-corrected chi connectivity index (χ3v) is 11.2. The Bertz CT molecular complexity index is 3500. The van der Waals surface area contributed by atoms with Gasteiger partial charge in [-0.25, -0.2) is 9.97 Å². The van der Waals surface area contributed by atoms with Gasteiger partial charge in [-0.2, -0.15) is 0 Å². The normalized spacial score (nSPS) is 12.1. The van der Waals surface area contributed by atoms with Crippen molar-refractivity contribution in [3.63, 3.8) is 0 Å². The van der Waals surface area contributed by atoms with E-state index >= 15 is 0 Å². The van der Waals surface area contributed by atoms with Crippen molar-refractivity contribution in [1.82, 2.24) is 19.1 Å². The summed E-state index contributed by atoms with van der Waals surface area (Å²) in [5, 5.41) is 13.1. The predicted molar refractivity (Wildman–Crippen MR) is 226 cm³/mol. The van der Waals surface area contributed by atoms with Crippen molar-refractivity contribution in [1.29, 1.82) is 0 Å². The topological polar surface area (TPSA) is 35.6 Å². The van der Waals surface area contributed by atoms with Crippen molar-refractivity contribution >= 4 is 86.8 Å². The zero-order valence-corrected chi connectivity index (χ0v) is 29.1. The molecule has 250 valence electrons. The first kappa shape index (κ1) is 29.3. The van der Waals surface area contributed by atoms with Crippen LogP contribution in [0.4, 0.5) is 0 Å². The quantitative estimate of drug-likeness (QED) is 0.185. The summed E-state index contributed by atoms with van der Waals surface area (Å²) in [6.07, 6.45) is 0. The van der Waals surface area contributed by atoms with Crippen molar-refractivity contribution in [2.75, 3.05) is 0 Å². The van der Waals surface area contributed by atoms with Gasteiger partial charge in [0.15, 0.2) is 0 Å². The molecule has 0 spiro atoms. The first-order valence-electron chi connectivity index (χ1n) is 18.4. The molecule has 3 aromatic heterocycles. The molecule has 0 aliphatic heterocycles. The van der Waals surface area contributed by atoms with Crippen LogP contribution in [0.1, 0.15) is 0 Å². The van der Waals surface area contributed by atoms with E-state index in [0.717, 1.165) is 38.9 Å². The number of fused-ring (bicyclic) bond motifs is 11. The van der Waals surface area contributed by atoms with Gasteiger partial charge in [-0.1, -0.05) is 121 Å². The van der Waals surface area contributed by atoms with Crippen molar-refractivity contribution in [2.45, 2.75) is 0 Å². The lowest BCUT2D eigenvalue weighted by Crippen LogP contribution is -2.03. The van der Waals surface area contributed by atoms with Crippen molar-refractivity contribution in [3.8, 4) is 22.9 Å². The average Bonchev–Trinajstić information content (AvgIpc) is 3.73. The van der Waals surface area contributed by atoms with Gasteiger partial charge in [0, 0.05) is 38.2 Å². The molecule has 9 aromatic carbocycles. The summed E-state index contributed by atoms with van der Waals surface area (Å²) in [7, 11) is 0. The Hall–Kier alpha value is -7.30. The summed E-state index contributed by atoms with van der Waals surface area (Å²) in [5.41, 5.74) is 8.64. The molecule has 0 aliphatic carbocycles. The molecule has 0 bridgehead atoms. The molecule has 0 saturated carbocycles. The number of aromatic nitrogens is 4. The lowest BCUT2D eigenvalue weighted by molar-refractivity contribution is 1.01. The van der Waals surface area contributed by atoms with Crippen LogP contribution in [0.2, 0.25) is 0 Å². The van der Waals surface area contributed by atoms with E-state index < -0.39 is 0 Å². The number of nitrogens with zero attached hydrogens (tertiary/aromatic N) is 4. The van der Waals surface area contributed by atoms with E-state index in [1.165, 1.54) is 64.9 Å². The smallest absolute Gasteiger partial charge is 0.235 e. The number of para-hydroxylation sites is 3. The fraction of sp³-hybridized carbons (Fsp3) is 0. The van der Waals surface area contributed by atoms with E-state index in [1.807, 2.05) is 0 Å². The lowest BCUT2D eigenvalue weighted by Gasteiger charge is -2.13. The lowest BCUT2D eigenvalue weighted by atomic mass is 10.0. The largest absolute Gasteiger partial charge is 0.309 e. The van der Waals surface area contributed by atoms with Crippen LogP contribution in [-0.4, -0.2) is 19.1 Å². The predicted octanol–water partition coefficient (Wildman–Crippen LogP) is 13.0. The van der Waals surface area contributed by atoms with Crippen LogP contribution < -0.4 is 0 Å². The molecule has 0 unspecified atom stereocenters. The van der Waals surface area contributed by atoms with Gasteiger partial charge in [-0.05, 0) is 93.0 Å². The third-order valence-electron chi connectivity index (χ3n) is 11.2. The van der Waals surface area contributed by atoms with Crippen LogP contribution in [0.5, 0.6) is 0 Å². The van der Waals surface area contributed by atoms with Crippen LogP contribution in [0.3, 0.4) is 0 Å². The summed E-state index contributed by atoms with van der Waals surface area (Å²) >= 11 is 0. The summed E-state index contributed by atoms with van der Waals surface area (Å²) in [4.78, 5) is 10.8. The summed E-state index contributed by atoms with van der Waals surface area (Å²) in [5.74, 6) is 0.663. The molecule has 4 nitrogen and oxygen atoms in total. The summed E-state index contributed by atoms with van der Waals surface area (Å²) in [6, 6.07) is 65.5. The maximum atomic E-state index is 5.48. The molecule has 0 atom stereocenters. The van der Waals surface area contributed by atoms with Gasteiger partial charge in [-0.15, -0.1) is 0 Å². The first-order valence-corrected chi connectivity index (χ1v) is 18.4. The van der Waals surface area contributed by atoms with E-state index in [1.54, 1.807) is 0 Å². The molecule has 0 aliphatic rings. The molecule has 12 aromatic rings. The maximum Gasteiger partial charge on any atom is 0.235 e. The zero-order chi connectivity index (χ0) is 35.3. The maximum absolute atomic E-state index is 5.48. The van der Waals surface area contributed by atoms with E-state index in [-0.39, 0.29) is 0 Å². The van der Waals surface area contributed by atoms with Gasteiger partial charge < -0.3 is 4.57 Å². The van der Waals surface area contributed by atoms with Crippen molar-refractivity contribution in [3.05, 3.63) is 182 Å². The van der Waals surface area contributed by atoms with Crippen LogP contribution in [0.25, 0.3) is 110 Å². The van der Waals surface area contributed by atoms with Gasteiger partial charge in [0.1, 0.15) is 0 Å². The SMILES string of the molecule is c1ccc(-n2c3ccccc3c3cc4cc(-c5nc(-n6c7cc8ccccc8cc7c7c8ccccc8ccc76)nc6ccccc56)ccc4cc32)cc1. The summed E-state index contributed by atoms with van der Waals surface area (Å²) < 4.78 is 4.64. The molecule has 0 N–H and O–H groups in total. The molecule has 0 amide bonds. The third kappa shape index (κ3) is 4.19. The second kappa shape index (κ2) is 11.1. The highest BCUT2D eigenvalue weighted by atomic mass is 15.2. The minimum absolute atomic E-state index is 0.663. The second-order valence-electron chi connectivity index (χ2n) is 14.2. The Balaban J connectivity index is 1.13. The molecule has 0 saturated heterocycles. The Morgan fingerprint density at radius 2 is 0.963 bits per heavy atom. The first-order chi connectivity index (χ1) is 26.8. The van der Waals surface area contributed by atoms with Crippen molar-refractivity contribution in [2.24, 2.45) is 0 Å². The molecule has 0 radical (unpaired) electrons. The average molecular weight is 687 g/mol. The van der Waals surface area contributed by atoms with Crippen LogP contribution in [0, 0.1) is 0 Å². The van der Waals surface area contributed by atoms with E-state index in [4.69, 9.17) is 9.97 Å². The Morgan fingerprint density at radius 1 is 0.333 bits per heavy atom.